The van der Waals surface area contributed by atoms with Crippen molar-refractivity contribution in [3.63, 3.8) is 0 Å². The van der Waals surface area contributed by atoms with Gasteiger partial charge in [0.2, 0.25) is 5.91 Å². The number of hydrazine groups is 1. The van der Waals surface area contributed by atoms with E-state index >= 15 is 0 Å². The second-order valence-electron chi connectivity index (χ2n) is 5.60. The van der Waals surface area contributed by atoms with Crippen molar-refractivity contribution in [1.29, 1.82) is 0 Å². The lowest BCUT2D eigenvalue weighted by Crippen LogP contribution is -2.55. The van der Waals surface area contributed by atoms with Gasteiger partial charge in [0.25, 0.3) is 0 Å². The van der Waals surface area contributed by atoms with Gasteiger partial charge in [-0.15, -0.1) is 0 Å². The fourth-order valence-corrected chi connectivity index (χ4v) is 2.22. The molecular formula is C14H18ClN3O3. The molecule has 1 aliphatic rings. The Kier molecular flexibility index (Phi) is 4.51. The van der Waals surface area contributed by atoms with Gasteiger partial charge in [-0.3, -0.25) is 4.79 Å². The molecule has 1 aromatic rings. The first-order valence-electron chi connectivity index (χ1n) is 6.61. The Labute approximate surface area is 127 Å². The molecule has 1 aromatic carbocycles. The normalized spacial score (nSPS) is 22.0. The number of carboxylic acids is 1. The van der Waals surface area contributed by atoms with Crippen LogP contribution in [0, 0.1) is 0 Å². The van der Waals surface area contributed by atoms with Gasteiger partial charge in [-0.25, -0.2) is 15.6 Å². The fourth-order valence-electron chi connectivity index (χ4n) is 2.09. The number of amides is 1. The number of halogens is 1. The summed E-state index contributed by atoms with van der Waals surface area (Å²) in [5.74, 6) is -1.41. The van der Waals surface area contributed by atoms with Gasteiger partial charge < -0.3 is 10.4 Å². The van der Waals surface area contributed by atoms with E-state index in [-0.39, 0.29) is 11.9 Å². The predicted octanol–water partition coefficient (Wildman–Crippen LogP) is 1.23. The SMILES string of the molecule is CC(C)(NC(=O)C1CC(c2ccc(Cl)cc2)NN1)C(=O)O. The minimum atomic E-state index is -1.29. The van der Waals surface area contributed by atoms with Crippen molar-refractivity contribution in [3.05, 3.63) is 34.9 Å². The number of carbonyl (C=O) groups is 2. The zero-order valence-corrected chi connectivity index (χ0v) is 12.6. The molecule has 0 saturated carbocycles. The van der Waals surface area contributed by atoms with Crippen LogP contribution in [0.1, 0.15) is 31.9 Å². The van der Waals surface area contributed by atoms with Crippen LogP contribution in [0.15, 0.2) is 24.3 Å². The van der Waals surface area contributed by atoms with Crippen molar-refractivity contribution in [2.45, 2.75) is 37.9 Å². The molecule has 1 heterocycles. The van der Waals surface area contributed by atoms with Crippen molar-refractivity contribution in [2.24, 2.45) is 0 Å². The summed E-state index contributed by atoms with van der Waals surface area (Å²) in [4.78, 5) is 23.1. The van der Waals surface area contributed by atoms with Crippen LogP contribution in [0.3, 0.4) is 0 Å². The van der Waals surface area contributed by atoms with Crippen LogP contribution in [0.25, 0.3) is 0 Å². The van der Waals surface area contributed by atoms with Gasteiger partial charge in [0.15, 0.2) is 0 Å². The zero-order valence-electron chi connectivity index (χ0n) is 11.8. The van der Waals surface area contributed by atoms with Gasteiger partial charge >= 0.3 is 5.97 Å². The van der Waals surface area contributed by atoms with E-state index in [4.69, 9.17) is 16.7 Å². The van der Waals surface area contributed by atoms with Crippen LogP contribution in [-0.2, 0) is 9.59 Å². The lowest BCUT2D eigenvalue weighted by Gasteiger charge is -2.23. The highest BCUT2D eigenvalue weighted by atomic mass is 35.5. The van der Waals surface area contributed by atoms with Crippen LogP contribution >= 0.6 is 11.6 Å². The van der Waals surface area contributed by atoms with Crippen molar-refractivity contribution < 1.29 is 14.7 Å². The van der Waals surface area contributed by atoms with Crippen molar-refractivity contribution in [3.8, 4) is 0 Å². The molecule has 114 valence electrons. The number of nitrogens with one attached hydrogen (secondary N) is 3. The van der Waals surface area contributed by atoms with Crippen LogP contribution in [0.5, 0.6) is 0 Å². The van der Waals surface area contributed by atoms with E-state index in [1.165, 1.54) is 13.8 Å². The van der Waals surface area contributed by atoms with Crippen molar-refractivity contribution in [1.82, 2.24) is 16.2 Å². The monoisotopic (exact) mass is 311 g/mol. The van der Waals surface area contributed by atoms with E-state index in [0.717, 1.165) is 5.56 Å². The molecule has 2 unspecified atom stereocenters. The van der Waals surface area contributed by atoms with E-state index in [2.05, 4.69) is 16.2 Å². The van der Waals surface area contributed by atoms with E-state index in [1.807, 2.05) is 12.1 Å². The first-order valence-corrected chi connectivity index (χ1v) is 6.99. The molecule has 2 atom stereocenters. The van der Waals surface area contributed by atoms with E-state index < -0.39 is 17.6 Å². The number of hydrogen-bond acceptors (Lipinski definition) is 4. The number of benzene rings is 1. The van der Waals surface area contributed by atoms with Gasteiger partial charge in [-0.05, 0) is 38.0 Å². The van der Waals surface area contributed by atoms with Crippen LogP contribution < -0.4 is 16.2 Å². The molecule has 7 heteroatoms. The molecule has 1 aliphatic heterocycles. The minimum absolute atomic E-state index is 0.0223. The summed E-state index contributed by atoms with van der Waals surface area (Å²) in [6.45, 7) is 2.90. The Morgan fingerprint density at radius 2 is 1.90 bits per heavy atom. The lowest BCUT2D eigenvalue weighted by molar-refractivity contribution is -0.146. The maximum Gasteiger partial charge on any atom is 0.328 e. The highest BCUT2D eigenvalue weighted by molar-refractivity contribution is 6.30. The summed E-state index contributed by atoms with van der Waals surface area (Å²) in [6, 6.07) is 6.86. The molecule has 0 spiro atoms. The van der Waals surface area contributed by atoms with Gasteiger partial charge in [0.1, 0.15) is 11.6 Å². The van der Waals surface area contributed by atoms with Crippen LogP contribution in [-0.4, -0.2) is 28.6 Å². The molecule has 6 nitrogen and oxygen atoms in total. The molecule has 1 fully saturated rings. The van der Waals surface area contributed by atoms with Crippen LogP contribution in [0.4, 0.5) is 0 Å². The Morgan fingerprint density at radius 1 is 1.29 bits per heavy atom. The average Bonchev–Trinajstić information content (AvgIpc) is 2.88. The third-order valence-electron chi connectivity index (χ3n) is 3.46. The fraction of sp³-hybridized carbons (Fsp3) is 0.429. The molecule has 21 heavy (non-hydrogen) atoms. The number of hydrogen-bond donors (Lipinski definition) is 4. The number of carboxylic acid groups (broad SMARTS) is 1. The summed E-state index contributed by atoms with van der Waals surface area (Å²) in [6.07, 6.45) is 0.531. The maximum absolute atomic E-state index is 12.1. The van der Waals surface area contributed by atoms with Crippen molar-refractivity contribution >= 4 is 23.5 Å². The molecule has 0 radical (unpaired) electrons. The van der Waals surface area contributed by atoms with E-state index in [1.54, 1.807) is 12.1 Å². The predicted molar refractivity (Wildman–Crippen MR) is 78.7 cm³/mol. The summed E-state index contributed by atoms with van der Waals surface area (Å²) in [5.41, 5.74) is 5.65. The summed E-state index contributed by atoms with van der Waals surface area (Å²) in [5, 5.41) is 12.2. The summed E-state index contributed by atoms with van der Waals surface area (Å²) in [7, 11) is 0. The molecule has 0 aliphatic carbocycles. The Bertz CT molecular complexity index is 545. The maximum atomic E-state index is 12.1. The van der Waals surface area contributed by atoms with Crippen LogP contribution in [0.2, 0.25) is 5.02 Å². The highest BCUT2D eigenvalue weighted by Crippen LogP contribution is 2.23. The number of aliphatic carboxylic acids is 1. The average molecular weight is 312 g/mol. The third kappa shape index (κ3) is 3.72. The van der Waals surface area contributed by atoms with Gasteiger partial charge in [0, 0.05) is 11.1 Å². The lowest BCUT2D eigenvalue weighted by atomic mass is 10.0. The molecular weight excluding hydrogens is 294 g/mol. The molecule has 2 rings (SSSR count). The summed E-state index contributed by atoms with van der Waals surface area (Å²) < 4.78 is 0. The van der Waals surface area contributed by atoms with E-state index in [0.29, 0.717) is 11.4 Å². The third-order valence-corrected chi connectivity index (χ3v) is 3.71. The second-order valence-corrected chi connectivity index (χ2v) is 6.04. The standard InChI is InChI=1S/C14H18ClN3O3/c1-14(2,13(20)21)16-12(19)11-7-10(17-18-11)8-3-5-9(15)6-4-8/h3-6,10-11,17-18H,7H2,1-2H3,(H,16,19)(H,20,21). The second kappa shape index (κ2) is 6.01. The molecule has 0 bridgehead atoms. The quantitative estimate of drug-likeness (QED) is 0.671. The topological polar surface area (TPSA) is 90.5 Å². The Balaban J connectivity index is 1.97. The van der Waals surface area contributed by atoms with Gasteiger partial charge in [-0.1, -0.05) is 23.7 Å². The zero-order chi connectivity index (χ0) is 15.6. The number of rotatable bonds is 4. The molecule has 4 N–H and O–H groups in total. The van der Waals surface area contributed by atoms with E-state index in [9.17, 15) is 9.59 Å². The summed E-state index contributed by atoms with van der Waals surface area (Å²) >= 11 is 5.84. The Hall–Kier alpha value is -1.63. The smallest absolute Gasteiger partial charge is 0.328 e. The first-order chi connectivity index (χ1) is 9.79. The largest absolute Gasteiger partial charge is 0.480 e. The minimum Gasteiger partial charge on any atom is -0.480 e. The van der Waals surface area contributed by atoms with Crippen molar-refractivity contribution in [2.75, 3.05) is 0 Å². The highest BCUT2D eigenvalue weighted by Gasteiger charge is 2.35. The Morgan fingerprint density at radius 3 is 2.48 bits per heavy atom. The molecule has 0 aromatic heterocycles. The number of carbonyl (C=O) groups excluding carboxylic acids is 1. The molecule has 1 saturated heterocycles. The van der Waals surface area contributed by atoms with Gasteiger partial charge in [-0.2, -0.15) is 0 Å². The first kappa shape index (κ1) is 15.8. The molecule has 1 amide bonds. The van der Waals surface area contributed by atoms with Gasteiger partial charge in [0.05, 0.1) is 0 Å².